The van der Waals surface area contributed by atoms with Crippen molar-refractivity contribution in [1.29, 1.82) is 0 Å². The molecule has 1 N–H and O–H groups in total. The van der Waals surface area contributed by atoms with Gasteiger partial charge in [0.1, 0.15) is 5.75 Å². The van der Waals surface area contributed by atoms with Crippen molar-refractivity contribution < 1.29 is 14.6 Å². The molecule has 4 heteroatoms. The summed E-state index contributed by atoms with van der Waals surface area (Å²) < 4.78 is 5.14. The first kappa shape index (κ1) is 13.9. The number of carboxylic acids is 1. The Hall–Kier alpha value is -1.55. The predicted molar refractivity (Wildman–Crippen MR) is 73.2 cm³/mol. The van der Waals surface area contributed by atoms with Gasteiger partial charge in [-0.2, -0.15) is 0 Å². The molecule has 1 saturated heterocycles. The second-order valence-electron chi connectivity index (χ2n) is 5.19. The van der Waals surface area contributed by atoms with Crippen LogP contribution in [0.15, 0.2) is 24.3 Å². The standard InChI is InChI=1S/C15H21NO3/c1-19-14-6-4-12(5-7-14)10-16-8-2-3-13(11-16)9-15(17)18/h4-7,13H,2-3,8-11H2,1H3,(H,17,18). The Morgan fingerprint density at radius 1 is 1.42 bits per heavy atom. The third-order valence-electron chi connectivity index (χ3n) is 3.63. The number of carbonyl (C=O) groups is 1. The zero-order valence-electron chi connectivity index (χ0n) is 11.3. The minimum absolute atomic E-state index is 0.291. The fraction of sp³-hybridized carbons (Fsp3) is 0.533. The number of hydrogen-bond donors (Lipinski definition) is 1. The Labute approximate surface area is 114 Å². The lowest BCUT2D eigenvalue weighted by molar-refractivity contribution is -0.138. The van der Waals surface area contributed by atoms with Crippen LogP contribution in [0, 0.1) is 5.92 Å². The fourth-order valence-electron chi connectivity index (χ4n) is 2.70. The van der Waals surface area contributed by atoms with Gasteiger partial charge in [-0.1, -0.05) is 12.1 Å². The summed E-state index contributed by atoms with van der Waals surface area (Å²) in [6.45, 7) is 2.83. The lowest BCUT2D eigenvalue weighted by atomic mass is 9.94. The van der Waals surface area contributed by atoms with Crippen molar-refractivity contribution >= 4 is 5.97 Å². The maximum Gasteiger partial charge on any atom is 0.303 e. The van der Waals surface area contributed by atoms with Gasteiger partial charge in [0.25, 0.3) is 0 Å². The van der Waals surface area contributed by atoms with E-state index in [0.29, 0.717) is 12.3 Å². The van der Waals surface area contributed by atoms with Crippen LogP contribution in [-0.2, 0) is 11.3 Å². The molecule has 1 heterocycles. The maximum atomic E-state index is 10.8. The molecule has 0 radical (unpaired) electrons. The van der Waals surface area contributed by atoms with Crippen LogP contribution in [0.25, 0.3) is 0 Å². The van der Waals surface area contributed by atoms with Crippen LogP contribution in [0.5, 0.6) is 5.75 Å². The molecule has 104 valence electrons. The Morgan fingerprint density at radius 3 is 2.79 bits per heavy atom. The first-order valence-corrected chi connectivity index (χ1v) is 6.74. The highest BCUT2D eigenvalue weighted by Crippen LogP contribution is 2.21. The Balaban J connectivity index is 1.88. The van der Waals surface area contributed by atoms with Gasteiger partial charge in [-0.15, -0.1) is 0 Å². The number of methoxy groups -OCH3 is 1. The first-order chi connectivity index (χ1) is 9.17. The van der Waals surface area contributed by atoms with Crippen LogP contribution in [0.2, 0.25) is 0 Å². The van der Waals surface area contributed by atoms with Crippen molar-refractivity contribution in [3.05, 3.63) is 29.8 Å². The van der Waals surface area contributed by atoms with Gasteiger partial charge in [-0.05, 0) is 43.0 Å². The van der Waals surface area contributed by atoms with Gasteiger partial charge in [0.15, 0.2) is 0 Å². The number of carboxylic acid groups (broad SMARTS) is 1. The molecular weight excluding hydrogens is 242 g/mol. The molecule has 0 amide bonds. The van der Waals surface area contributed by atoms with Crippen molar-refractivity contribution in [2.45, 2.75) is 25.8 Å². The molecule has 0 bridgehead atoms. The first-order valence-electron chi connectivity index (χ1n) is 6.74. The molecule has 1 aliphatic heterocycles. The normalized spacial score (nSPS) is 20.2. The molecule has 4 nitrogen and oxygen atoms in total. The van der Waals surface area contributed by atoms with Crippen LogP contribution in [0.4, 0.5) is 0 Å². The summed E-state index contributed by atoms with van der Waals surface area (Å²) in [5, 5.41) is 8.87. The monoisotopic (exact) mass is 263 g/mol. The van der Waals surface area contributed by atoms with Crippen molar-refractivity contribution in [1.82, 2.24) is 4.90 Å². The van der Waals surface area contributed by atoms with Crippen LogP contribution < -0.4 is 4.74 Å². The van der Waals surface area contributed by atoms with E-state index in [1.54, 1.807) is 7.11 Å². The lowest BCUT2D eigenvalue weighted by Crippen LogP contribution is -2.35. The number of nitrogens with zero attached hydrogens (tertiary/aromatic N) is 1. The molecule has 0 spiro atoms. The van der Waals surface area contributed by atoms with Crippen molar-refractivity contribution in [3.63, 3.8) is 0 Å². The van der Waals surface area contributed by atoms with Gasteiger partial charge < -0.3 is 9.84 Å². The van der Waals surface area contributed by atoms with E-state index in [1.165, 1.54) is 5.56 Å². The minimum Gasteiger partial charge on any atom is -0.497 e. The number of likely N-dealkylation sites (tertiary alicyclic amines) is 1. The molecule has 1 aliphatic rings. The van der Waals surface area contributed by atoms with E-state index in [4.69, 9.17) is 9.84 Å². The summed E-state index contributed by atoms with van der Waals surface area (Å²) in [6.07, 6.45) is 2.42. The molecule has 0 aliphatic carbocycles. The molecular formula is C15H21NO3. The highest BCUT2D eigenvalue weighted by molar-refractivity contribution is 5.67. The van der Waals surface area contributed by atoms with Crippen LogP contribution in [-0.4, -0.2) is 36.2 Å². The van der Waals surface area contributed by atoms with Crippen molar-refractivity contribution in [2.75, 3.05) is 20.2 Å². The Bertz CT molecular complexity index is 416. The number of piperidine rings is 1. The molecule has 1 aromatic carbocycles. The van der Waals surface area contributed by atoms with Crippen LogP contribution in [0.3, 0.4) is 0 Å². The number of aliphatic carboxylic acids is 1. The van der Waals surface area contributed by atoms with Gasteiger partial charge in [0.2, 0.25) is 0 Å². The molecule has 1 atom stereocenters. The number of rotatable bonds is 5. The van der Waals surface area contributed by atoms with E-state index in [9.17, 15) is 4.79 Å². The SMILES string of the molecule is COc1ccc(CN2CCCC(CC(=O)O)C2)cc1. The smallest absolute Gasteiger partial charge is 0.303 e. The van der Waals surface area contributed by atoms with Gasteiger partial charge >= 0.3 is 5.97 Å². The zero-order chi connectivity index (χ0) is 13.7. The number of ether oxygens (including phenoxy) is 1. The number of benzene rings is 1. The second kappa shape index (κ2) is 6.57. The molecule has 1 aromatic rings. The van der Waals surface area contributed by atoms with Gasteiger partial charge in [-0.25, -0.2) is 0 Å². The third-order valence-corrected chi connectivity index (χ3v) is 3.63. The van der Waals surface area contributed by atoms with E-state index in [-0.39, 0.29) is 0 Å². The van der Waals surface area contributed by atoms with E-state index in [1.807, 2.05) is 12.1 Å². The Morgan fingerprint density at radius 2 is 2.16 bits per heavy atom. The number of hydrogen-bond acceptors (Lipinski definition) is 3. The molecule has 0 saturated carbocycles. The lowest BCUT2D eigenvalue weighted by Gasteiger charge is -2.32. The predicted octanol–water partition coefficient (Wildman–Crippen LogP) is 2.38. The summed E-state index contributed by atoms with van der Waals surface area (Å²) in [5.41, 5.74) is 1.25. The van der Waals surface area contributed by atoms with E-state index in [0.717, 1.165) is 38.2 Å². The third kappa shape index (κ3) is 4.24. The van der Waals surface area contributed by atoms with E-state index >= 15 is 0 Å². The molecule has 19 heavy (non-hydrogen) atoms. The largest absolute Gasteiger partial charge is 0.497 e. The van der Waals surface area contributed by atoms with Crippen molar-refractivity contribution in [3.8, 4) is 5.75 Å². The maximum absolute atomic E-state index is 10.8. The highest BCUT2D eigenvalue weighted by atomic mass is 16.5. The fourth-order valence-corrected chi connectivity index (χ4v) is 2.70. The summed E-state index contributed by atoms with van der Waals surface area (Å²) in [6, 6.07) is 8.07. The van der Waals surface area contributed by atoms with Gasteiger partial charge in [0.05, 0.1) is 7.11 Å². The second-order valence-corrected chi connectivity index (χ2v) is 5.19. The molecule has 1 fully saturated rings. The van der Waals surface area contributed by atoms with Gasteiger partial charge in [0, 0.05) is 19.5 Å². The van der Waals surface area contributed by atoms with Gasteiger partial charge in [-0.3, -0.25) is 9.69 Å². The van der Waals surface area contributed by atoms with E-state index in [2.05, 4.69) is 17.0 Å². The molecule has 0 aromatic heterocycles. The minimum atomic E-state index is -0.684. The topological polar surface area (TPSA) is 49.8 Å². The summed E-state index contributed by atoms with van der Waals surface area (Å²) >= 11 is 0. The summed E-state index contributed by atoms with van der Waals surface area (Å²) in [5.74, 6) is 0.479. The molecule has 2 rings (SSSR count). The quantitative estimate of drug-likeness (QED) is 0.886. The molecule has 1 unspecified atom stereocenters. The summed E-state index contributed by atoms with van der Waals surface area (Å²) in [4.78, 5) is 13.1. The summed E-state index contributed by atoms with van der Waals surface area (Å²) in [7, 11) is 1.66. The van der Waals surface area contributed by atoms with Crippen LogP contribution in [0.1, 0.15) is 24.8 Å². The Kier molecular flexibility index (Phi) is 4.80. The van der Waals surface area contributed by atoms with Crippen LogP contribution >= 0.6 is 0 Å². The average Bonchev–Trinajstić information content (AvgIpc) is 2.39. The van der Waals surface area contributed by atoms with E-state index < -0.39 is 5.97 Å². The van der Waals surface area contributed by atoms with Crippen molar-refractivity contribution in [2.24, 2.45) is 5.92 Å². The highest BCUT2D eigenvalue weighted by Gasteiger charge is 2.21. The average molecular weight is 263 g/mol. The zero-order valence-corrected chi connectivity index (χ0v) is 11.3.